The molecule has 0 fully saturated rings. The number of halogens is 1. The van der Waals surface area contributed by atoms with E-state index in [1.165, 1.54) is 0 Å². The second kappa shape index (κ2) is 5.07. The predicted molar refractivity (Wildman–Crippen MR) is 40.8 cm³/mol. The standard InChI is InChI=1S/C7H15ClO/c1-3-7(8)5-4-6(2)9/h6-7,9H,3-5H2,1-2H3. The predicted octanol–water partition coefficient (Wildman–Crippen LogP) is 2.16. The van der Waals surface area contributed by atoms with Gasteiger partial charge >= 0.3 is 0 Å². The maximum Gasteiger partial charge on any atom is 0.0512 e. The Morgan fingerprint density at radius 1 is 1.44 bits per heavy atom. The van der Waals surface area contributed by atoms with E-state index in [1.807, 2.05) is 0 Å². The van der Waals surface area contributed by atoms with E-state index in [9.17, 15) is 0 Å². The van der Waals surface area contributed by atoms with Crippen LogP contribution in [0.3, 0.4) is 0 Å². The first-order valence-corrected chi connectivity index (χ1v) is 3.92. The molecule has 0 aromatic heterocycles. The van der Waals surface area contributed by atoms with Crippen LogP contribution in [0.5, 0.6) is 0 Å². The molecule has 2 heteroatoms. The lowest BCUT2D eigenvalue weighted by molar-refractivity contribution is 0.181. The van der Waals surface area contributed by atoms with Gasteiger partial charge in [0, 0.05) is 5.38 Å². The maximum absolute atomic E-state index is 8.84. The number of aliphatic hydroxyl groups excluding tert-OH is 1. The molecule has 0 heterocycles. The summed E-state index contributed by atoms with van der Waals surface area (Å²) in [6, 6.07) is 0. The van der Waals surface area contributed by atoms with Crippen LogP contribution in [0.1, 0.15) is 33.1 Å². The summed E-state index contributed by atoms with van der Waals surface area (Å²) >= 11 is 5.80. The van der Waals surface area contributed by atoms with Crippen molar-refractivity contribution in [2.75, 3.05) is 0 Å². The highest BCUT2D eigenvalue weighted by Gasteiger charge is 2.02. The number of rotatable bonds is 4. The average molecular weight is 151 g/mol. The molecule has 0 aromatic rings. The molecule has 56 valence electrons. The topological polar surface area (TPSA) is 20.2 Å². The van der Waals surface area contributed by atoms with Gasteiger partial charge in [0.05, 0.1) is 6.10 Å². The molecule has 0 bridgehead atoms. The summed E-state index contributed by atoms with van der Waals surface area (Å²) < 4.78 is 0. The Balaban J connectivity index is 3.06. The molecule has 0 saturated carbocycles. The number of aliphatic hydroxyl groups is 1. The zero-order valence-corrected chi connectivity index (χ0v) is 6.86. The Kier molecular flexibility index (Phi) is 5.21. The van der Waals surface area contributed by atoms with Crippen LogP contribution in [0, 0.1) is 0 Å². The summed E-state index contributed by atoms with van der Waals surface area (Å²) in [5, 5.41) is 9.09. The van der Waals surface area contributed by atoms with E-state index in [0.717, 1.165) is 19.3 Å². The smallest absolute Gasteiger partial charge is 0.0512 e. The first-order valence-electron chi connectivity index (χ1n) is 3.49. The lowest BCUT2D eigenvalue weighted by atomic mass is 10.1. The normalized spacial score (nSPS) is 17.3. The van der Waals surface area contributed by atoms with Gasteiger partial charge in [-0.2, -0.15) is 0 Å². The largest absolute Gasteiger partial charge is 0.393 e. The van der Waals surface area contributed by atoms with Crippen LogP contribution < -0.4 is 0 Å². The summed E-state index contributed by atoms with van der Waals surface area (Å²) in [5.74, 6) is 0. The molecule has 0 amide bonds. The van der Waals surface area contributed by atoms with Crippen molar-refractivity contribution in [3.63, 3.8) is 0 Å². The highest BCUT2D eigenvalue weighted by Crippen LogP contribution is 2.10. The first kappa shape index (κ1) is 9.25. The van der Waals surface area contributed by atoms with Crippen molar-refractivity contribution in [1.82, 2.24) is 0 Å². The van der Waals surface area contributed by atoms with E-state index in [0.29, 0.717) is 0 Å². The molecule has 0 rings (SSSR count). The maximum atomic E-state index is 8.84. The van der Waals surface area contributed by atoms with Gasteiger partial charge in [-0.05, 0) is 26.2 Å². The van der Waals surface area contributed by atoms with Crippen LogP contribution in [-0.2, 0) is 0 Å². The highest BCUT2D eigenvalue weighted by molar-refractivity contribution is 6.20. The van der Waals surface area contributed by atoms with Crippen LogP contribution in [-0.4, -0.2) is 16.6 Å². The molecule has 9 heavy (non-hydrogen) atoms. The van der Waals surface area contributed by atoms with Crippen LogP contribution in [0.2, 0.25) is 0 Å². The Morgan fingerprint density at radius 2 is 2.00 bits per heavy atom. The molecule has 0 saturated heterocycles. The van der Waals surface area contributed by atoms with Crippen molar-refractivity contribution < 1.29 is 5.11 Å². The number of alkyl halides is 1. The van der Waals surface area contributed by atoms with Crippen molar-refractivity contribution >= 4 is 11.6 Å². The summed E-state index contributed by atoms with van der Waals surface area (Å²) in [6.45, 7) is 3.85. The van der Waals surface area contributed by atoms with Crippen molar-refractivity contribution in [3.8, 4) is 0 Å². The van der Waals surface area contributed by atoms with Gasteiger partial charge in [-0.3, -0.25) is 0 Å². The molecule has 2 unspecified atom stereocenters. The van der Waals surface area contributed by atoms with Gasteiger partial charge in [-0.15, -0.1) is 11.6 Å². The summed E-state index contributed by atoms with van der Waals surface area (Å²) in [5.41, 5.74) is 0. The van der Waals surface area contributed by atoms with Gasteiger partial charge in [0.1, 0.15) is 0 Å². The Hall–Kier alpha value is 0.250. The molecule has 0 radical (unpaired) electrons. The van der Waals surface area contributed by atoms with Crippen molar-refractivity contribution in [1.29, 1.82) is 0 Å². The minimum Gasteiger partial charge on any atom is -0.393 e. The second-order valence-corrected chi connectivity index (χ2v) is 3.05. The number of hydrogen-bond donors (Lipinski definition) is 1. The van der Waals surface area contributed by atoms with E-state index in [4.69, 9.17) is 16.7 Å². The quantitative estimate of drug-likeness (QED) is 0.609. The fourth-order valence-corrected chi connectivity index (χ4v) is 0.752. The van der Waals surface area contributed by atoms with Gasteiger partial charge < -0.3 is 5.11 Å². The Bertz CT molecular complexity index is 63.9. The van der Waals surface area contributed by atoms with E-state index < -0.39 is 0 Å². The van der Waals surface area contributed by atoms with Crippen LogP contribution in [0.15, 0.2) is 0 Å². The molecule has 1 N–H and O–H groups in total. The molecule has 1 nitrogen and oxygen atoms in total. The van der Waals surface area contributed by atoms with Gasteiger partial charge in [-0.1, -0.05) is 6.92 Å². The zero-order chi connectivity index (χ0) is 7.28. The van der Waals surface area contributed by atoms with Crippen molar-refractivity contribution in [2.24, 2.45) is 0 Å². The number of hydrogen-bond acceptors (Lipinski definition) is 1. The average Bonchev–Trinajstić information content (AvgIpc) is 1.83. The highest BCUT2D eigenvalue weighted by atomic mass is 35.5. The fraction of sp³-hybridized carbons (Fsp3) is 1.00. The molecular weight excluding hydrogens is 136 g/mol. The van der Waals surface area contributed by atoms with Crippen LogP contribution >= 0.6 is 11.6 Å². The van der Waals surface area contributed by atoms with E-state index in [-0.39, 0.29) is 11.5 Å². The third-order valence-corrected chi connectivity index (χ3v) is 1.87. The first-order chi connectivity index (χ1) is 4.16. The minimum absolute atomic E-state index is 0.196. The van der Waals surface area contributed by atoms with E-state index in [2.05, 4.69) is 6.92 Å². The molecule has 0 aliphatic carbocycles. The molecule has 0 aliphatic rings. The van der Waals surface area contributed by atoms with Crippen LogP contribution in [0.25, 0.3) is 0 Å². The minimum atomic E-state index is -0.196. The molecular formula is C7H15ClO. The molecule has 0 aromatic carbocycles. The van der Waals surface area contributed by atoms with Gasteiger partial charge in [0.15, 0.2) is 0 Å². The lowest BCUT2D eigenvalue weighted by Crippen LogP contribution is -2.04. The second-order valence-electron chi connectivity index (χ2n) is 2.43. The Morgan fingerprint density at radius 3 is 2.33 bits per heavy atom. The van der Waals surface area contributed by atoms with Gasteiger partial charge in [-0.25, -0.2) is 0 Å². The van der Waals surface area contributed by atoms with Crippen molar-refractivity contribution in [2.45, 2.75) is 44.6 Å². The summed E-state index contributed by atoms with van der Waals surface area (Å²) in [6.07, 6.45) is 2.55. The third-order valence-electron chi connectivity index (χ3n) is 1.34. The third kappa shape index (κ3) is 6.13. The van der Waals surface area contributed by atoms with Gasteiger partial charge in [0.2, 0.25) is 0 Å². The Labute approximate surface area is 62.0 Å². The van der Waals surface area contributed by atoms with Gasteiger partial charge in [0.25, 0.3) is 0 Å². The molecule has 0 spiro atoms. The summed E-state index contributed by atoms with van der Waals surface area (Å²) in [7, 11) is 0. The monoisotopic (exact) mass is 150 g/mol. The lowest BCUT2D eigenvalue weighted by Gasteiger charge is -2.06. The fourth-order valence-electron chi connectivity index (χ4n) is 0.626. The van der Waals surface area contributed by atoms with E-state index >= 15 is 0 Å². The zero-order valence-electron chi connectivity index (χ0n) is 6.10. The summed E-state index contributed by atoms with van der Waals surface area (Å²) in [4.78, 5) is 0. The SMILES string of the molecule is CCC(Cl)CCC(C)O. The molecule has 2 atom stereocenters. The van der Waals surface area contributed by atoms with Crippen LogP contribution in [0.4, 0.5) is 0 Å². The molecule has 0 aliphatic heterocycles. The van der Waals surface area contributed by atoms with Crippen molar-refractivity contribution in [3.05, 3.63) is 0 Å². The van der Waals surface area contributed by atoms with E-state index in [1.54, 1.807) is 6.92 Å².